The van der Waals surface area contributed by atoms with Crippen LogP contribution in [0.15, 0.2) is 24.5 Å². The van der Waals surface area contributed by atoms with Crippen LogP contribution in [0.5, 0.6) is 0 Å². The summed E-state index contributed by atoms with van der Waals surface area (Å²) in [6.45, 7) is 0. The largest absolute Gasteiger partial charge is 0.159 e. The number of nitrogens with zero attached hydrogens (tertiary/aromatic N) is 2. The second kappa shape index (κ2) is 2.47. The van der Waals surface area contributed by atoms with Crippen molar-refractivity contribution in [3.05, 3.63) is 29.0 Å². The van der Waals surface area contributed by atoms with Gasteiger partial charge < -0.3 is 0 Å². The molecule has 0 N–H and O–H groups in total. The van der Waals surface area contributed by atoms with E-state index in [1.54, 1.807) is 18.3 Å². The van der Waals surface area contributed by atoms with Crippen molar-refractivity contribution in [1.82, 2.24) is 10.2 Å². The van der Waals surface area contributed by atoms with Crippen LogP contribution in [-0.2, 0) is 0 Å². The predicted octanol–water partition coefficient (Wildman–Crippen LogP) is 1.21. The number of hydrogen-bond acceptors (Lipinski definition) is 3. The molecule has 1 heterocycles. The van der Waals surface area contributed by atoms with Gasteiger partial charge in [-0.1, -0.05) is 12.2 Å². The smallest absolute Gasteiger partial charge is 0.0676 e. The summed E-state index contributed by atoms with van der Waals surface area (Å²) in [6.07, 6.45) is 3.13. The zero-order valence-electron chi connectivity index (χ0n) is 4.11. The molecule has 1 aromatic heterocycles. The quantitative estimate of drug-likeness (QED) is 0.486. The monoisotopic (exact) mass is 124 g/mol. The minimum Gasteiger partial charge on any atom is -0.159 e. The molecule has 0 aliphatic rings. The molecule has 1 aromatic rings. The first-order chi connectivity index (χ1) is 3.89. The van der Waals surface area contributed by atoms with Crippen molar-refractivity contribution < 1.29 is 0 Å². The first kappa shape index (κ1) is 5.31. The molecule has 0 radical (unpaired) electrons. The molecule has 0 amide bonds. The molecule has 0 atom stereocenters. The van der Waals surface area contributed by atoms with Gasteiger partial charge in [-0.2, -0.15) is 10.2 Å². The molecule has 0 bridgehead atoms. The standard InChI is InChI=1S/C5H4N2S/c8-5-2-1-3-6-7-4-5/h1-4H. The highest BCUT2D eigenvalue weighted by Crippen LogP contribution is 1.79. The van der Waals surface area contributed by atoms with Crippen LogP contribution in [0.4, 0.5) is 0 Å². The van der Waals surface area contributed by atoms with E-state index >= 15 is 0 Å². The van der Waals surface area contributed by atoms with Crippen LogP contribution >= 0.6 is 12.2 Å². The Morgan fingerprint density at radius 1 is 1.38 bits per heavy atom. The van der Waals surface area contributed by atoms with Crippen molar-refractivity contribution in [2.75, 3.05) is 0 Å². The molecular formula is C5H4N2S. The molecule has 3 heteroatoms. The van der Waals surface area contributed by atoms with Gasteiger partial charge in [-0.3, -0.25) is 0 Å². The molecule has 8 heavy (non-hydrogen) atoms. The van der Waals surface area contributed by atoms with Crippen LogP contribution in [-0.4, -0.2) is 10.2 Å². The van der Waals surface area contributed by atoms with Gasteiger partial charge in [0.2, 0.25) is 0 Å². The zero-order chi connectivity index (χ0) is 5.82. The number of rotatable bonds is 0. The van der Waals surface area contributed by atoms with E-state index in [1.807, 2.05) is 0 Å². The Morgan fingerprint density at radius 3 is 3.12 bits per heavy atom. The van der Waals surface area contributed by atoms with Crippen molar-refractivity contribution in [2.45, 2.75) is 0 Å². The van der Waals surface area contributed by atoms with E-state index in [4.69, 9.17) is 12.2 Å². The van der Waals surface area contributed by atoms with Crippen molar-refractivity contribution in [3.8, 4) is 0 Å². The zero-order valence-corrected chi connectivity index (χ0v) is 4.93. The van der Waals surface area contributed by atoms with Gasteiger partial charge in [0, 0.05) is 6.20 Å². The molecule has 40 valence electrons. The van der Waals surface area contributed by atoms with E-state index in [0.29, 0.717) is 4.51 Å². The van der Waals surface area contributed by atoms with Gasteiger partial charge >= 0.3 is 0 Å². The van der Waals surface area contributed by atoms with Gasteiger partial charge in [-0.05, 0) is 12.1 Å². The highest BCUT2D eigenvalue weighted by Gasteiger charge is 1.67. The summed E-state index contributed by atoms with van der Waals surface area (Å²) in [7, 11) is 0. The fourth-order valence-corrected chi connectivity index (χ4v) is 0.474. The second-order valence-corrected chi connectivity index (χ2v) is 1.74. The maximum absolute atomic E-state index is 4.78. The molecule has 0 saturated heterocycles. The summed E-state index contributed by atoms with van der Waals surface area (Å²) in [5.74, 6) is 0. The van der Waals surface area contributed by atoms with E-state index in [2.05, 4.69) is 10.2 Å². The van der Waals surface area contributed by atoms with Crippen LogP contribution in [0.3, 0.4) is 0 Å². The highest BCUT2D eigenvalue weighted by molar-refractivity contribution is 7.71. The van der Waals surface area contributed by atoms with Gasteiger partial charge in [-0.15, -0.1) is 0 Å². The lowest BCUT2D eigenvalue weighted by molar-refractivity contribution is 1.05. The minimum absolute atomic E-state index is 0.711. The van der Waals surface area contributed by atoms with Crippen molar-refractivity contribution in [2.24, 2.45) is 0 Å². The van der Waals surface area contributed by atoms with Crippen molar-refractivity contribution >= 4 is 12.2 Å². The third-order valence-electron chi connectivity index (χ3n) is 0.665. The van der Waals surface area contributed by atoms with Gasteiger partial charge in [-0.25, -0.2) is 0 Å². The van der Waals surface area contributed by atoms with Gasteiger partial charge in [0.05, 0.1) is 10.7 Å². The fraction of sp³-hybridized carbons (Fsp3) is 0. The fourth-order valence-electron chi connectivity index (χ4n) is 0.348. The normalized spacial score (nSPS) is 8.50. The van der Waals surface area contributed by atoms with Crippen LogP contribution in [0.1, 0.15) is 0 Å². The maximum Gasteiger partial charge on any atom is 0.0676 e. The average molecular weight is 124 g/mol. The maximum atomic E-state index is 4.78. The molecule has 0 saturated carbocycles. The third-order valence-corrected chi connectivity index (χ3v) is 0.906. The molecule has 1 rings (SSSR count). The lowest BCUT2D eigenvalue weighted by Gasteiger charge is -1.58. The summed E-state index contributed by atoms with van der Waals surface area (Å²) in [5, 5.41) is 7.18. The Hall–Kier alpha value is -0.830. The van der Waals surface area contributed by atoms with E-state index in [-0.39, 0.29) is 0 Å². The Labute approximate surface area is 52.2 Å². The first-order valence-corrected chi connectivity index (χ1v) is 2.57. The van der Waals surface area contributed by atoms with E-state index in [1.165, 1.54) is 6.20 Å². The summed E-state index contributed by atoms with van der Waals surface area (Å²) < 4.78 is 0.711. The molecule has 2 nitrogen and oxygen atoms in total. The molecule has 0 aromatic carbocycles. The Bertz CT molecular complexity index is 201. The molecule has 0 aliphatic carbocycles. The number of hydrogen-bond donors (Lipinski definition) is 0. The van der Waals surface area contributed by atoms with Gasteiger partial charge in [0.15, 0.2) is 0 Å². The minimum atomic E-state index is 0.711. The third kappa shape index (κ3) is 1.35. The van der Waals surface area contributed by atoms with Crippen LogP contribution < -0.4 is 0 Å². The molecule has 0 unspecified atom stereocenters. The lowest BCUT2D eigenvalue weighted by Crippen LogP contribution is -1.63. The lowest BCUT2D eigenvalue weighted by atomic mass is 10.6. The highest BCUT2D eigenvalue weighted by atomic mass is 32.1. The average Bonchev–Trinajstić information content (AvgIpc) is 1.94. The van der Waals surface area contributed by atoms with E-state index in [9.17, 15) is 0 Å². The number of aromatic nitrogens is 2. The van der Waals surface area contributed by atoms with Crippen LogP contribution in [0.2, 0.25) is 0 Å². The van der Waals surface area contributed by atoms with E-state index in [0.717, 1.165) is 0 Å². The van der Waals surface area contributed by atoms with Gasteiger partial charge in [0.25, 0.3) is 0 Å². The Morgan fingerprint density at radius 2 is 2.25 bits per heavy atom. The predicted molar refractivity (Wildman–Crippen MR) is 32.9 cm³/mol. The first-order valence-electron chi connectivity index (χ1n) is 2.16. The van der Waals surface area contributed by atoms with Crippen molar-refractivity contribution in [3.63, 3.8) is 0 Å². The molecule has 0 fully saturated rings. The second-order valence-electron chi connectivity index (χ2n) is 1.27. The SMILES string of the molecule is S=c1cccnnc1. The van der Waals surface area contributed by atoms with E-state index < -0.39 is 0 Å². The van der Waals surface area contributed by atoms with Crippen molar-refractivity contribution in [1.29, 1.82) is 0 Å². The molecule has 0 aliphatic heterocycles. The Balaban J connectivity index is 3.32. The summed E-state index contributed by atoms with van der Waals surface area (Å²) >= 11 is 4.78. The molecular weight excluding hydrogens is 120 g/mol. The van der Waals surface area contributed by atoms with Crippen LogP contribution in [0.25, 0.3) is 0 Å². The summed E-state index contributed by atoms with van der Waals surface area (Å²) in [4.78, 5) is 0. The summed E-state index contributed by atoms with van der Waals surface area (Å²) in [6, 6.07) is 3.53. The Kier molecular flexibility index (Phi) is 1.64. The molecule has 0 spiro atoms. The van der Waals surface area contributed by atoms with Gasteiger partial charge in [0.1, 0.15) is 0 Å². The topological polar surface area (TPSA) is 25.8 Å². The van der Waals surface area contributed by atoms with Crippen LogP contribution in [0, 0.1) is 4.51 Å². The summed E-state index contributed by atoms with van der Waals surface area (Å²) in [5.41, 5.74) is 0.